The molecule has 0 saturated carbocycles. The molecule has 4 rings (SSSR count). The first-order valence-corrected chi connectivity index (χ1v) is 12.1. The summed E-state index contributed by atoms with van der Waals surface area (Å²) in [7, 11) is -3.35. The second kappa shape index (κ2) is 9.78. The van der Waals surface area contributed by atoms with Gasteiger partial charge in [-0.3, -0.25) is 9.55 Å². The van der Waals surface area contributed by atoms with Crippen molar-refractivity contribution in [3.63, 3.8) is 0 Å². The third-order valence-electron chi connectivity index (χ3n) is 5.39. The van der Waals surface area contributed by atoms with Crippen LogP contribution in [-0.4, -0.2) is 52.2 Å². The lowest BCUT2D eigenvalue weighted by molar-refractivity contribution is -0.147. The Hall–Kier alpha value is -4.30. The summed E-state index contributed by atoms with van der Waals surface area (Å²) >= 11 is 0. The van der Waals surface area contributed by atoms with E-state index < -0.39 is 38.9 Å². The SMILES string of the molecule is COc1ccnc(-n2c(-c3ccc(S(=O)(=O)N[C@@H](C)C(F)(F)F)cn3)c(C#N)c3cc(C(F)(F)F)cnc32)n1. The van der Waals surface area contributed by atoms with Gasteiger partial charge >= 0.3 is 12.4 Å². The van der Waals surface area contributed by atoms with Crippen molar-refractivity contribution < 1.29 is 39.5 Å². The summed E-state index contributed by atoms with van der Waals surface area (Å²) in [4.78, 5) is 15.5. The molecule has 4 aromatic rings. The zero-order valence-electron chi connectivity index (χ0n) is 19.7. The van der Waals surface area contributed by atoms with Gasteiger partial charge < -0.3 is 4.74 Å². The van der Waals surface area contributed by atoms with Gasteiger partial charge in [-0.15, -0.1) is 0 Å². The van der Waals surface area contributed by atoms with Crippen LogP contribution in [0.1, 0.15) is 18.1 Å². The average molecular weight is 571 g/mol. The number of alkyl halides is 6. The number of ether oxygens (including phenoxy) is 1. The summed E-state index contributed by atoms with van der Waals surface area (Å²) < 4.78 is 111. The zero-order valence-corrected chi connectivity index (χ0v) is 20.5. The lowest BCUT2D eigenvalue weighted by atomic mass is 10.1. The van der Waals surface area contributed by atoms with Gasteiger partial charge in [0.15, 0.2) is 0 Å². The molecule has 0 radical (unpaired) electrons. The smallest absolute Gasteiger partial charge is 0.417 e. The fourth-order valence-electron chi connectivity index (χ4n) is 3.47. The molecule has 0 aliphatic heterocycles. The monoisotopic (exact) mass is 571 g/mol. The quantitative estimate of drug-likeness (QED) is 0.343. The van der Waals surface area contributed by atoms with Gasteiger partial charge in [-0.05, 0) is 25.1 Å². The Labute approximate surface area is 216 Å². The van der Waals surface area contributed by atoms with E-state index in [9.17, 15) is 40.0 Å². The minimum Gasteiger partial charge on any atom is -0.481 e. The highest BCUT2D eigenvalue weighted by atomic mass is 32.2. The number of hydrogen-bond donors (Lipinski definition) is 1. The topological polar surface area (TPSA) is 136 Å². The third-order valence-corrected chi connectivity index (χ3v) is 6.91. The highest BCUT2D eigenvalue weighted by Gasteiger charge is 2.39. The van der Waals surface area contributed by atoms with Crippen LogP contribution in [0.5, 0.6) is 5.88 Å². The number of pyridine rings is 2. The molecule has 1 N–H and O–H groups in total. The number of methoxy groups -OCH3 is 1. The number of rotatable bonds is 6. The summed E-state index contributed by atoms with van der Waals surface area (Å²) in [6.07, 6.45) is -7.05. The van der Waals surface area contributed by atoms with E-state index in [-0.39, 0.29) is 39.8 Å². The highest BCUT2D eigenvalue weighted by Crippen LogP contribution is 2.37. The van der Waals surface area contributed by atoms with Gasteiger partial charge in [-0.2, -0.15) is 41.3 Å². The van der Waals surface area contributed by atoms with Crippen LogP contribution in [0.15, 0.2) is 47.8 Å². The van der Waals surface area contributed by atoms with Crippen molar-refractivity contribution in [2.75, 3.05) is 7.11 Å². The van der Waals surface area contributed by atoms with E-state index in [1.807, 2.05) is 6.07 Å². The van der Waals surface area contributed by atoms with Gasteiger partial charge in [0, 0.05) is 30.0 Å². The minimum atomic E-state index is -4.85. The Morgan fingerprint density at radius 2 is 1.79 bits per heavy atom. The second-order valence-corrected chi connectivity index (χ2v) is 9.64. The van der Waals surface area contributed by atoms with E-state index >= 15 is 0 Å². The van der Waals surface area contributed by atoms with Crippen molar-refractivity contribution in [3.8, 4) is 29.3 Å². The van der Waals surface area contributed by atoms with Gasteiger partial charge in [0.2, 0.25) is 21.9 Å². The van der Waals surface area contributed by atoms with Gasteiger partial charge in [-0.1, -0.05) is 0 Å². The molecule has 204 valence electrons. The van der Waals surface area contributed by atoms with Crippen LogP contribution in [0.3, 0.4) is 0 Å². The minimum absolute atomic E-state index is 0.0671. The number of aromatic nitrogens is 5. The van der Waals surface area contributed by atoms with Crippen molar-refractivity contribution in [2.45, 2.75) is 30.2 Å². The molecule has 39 heavy (non-hydrogen) atoms. The molecule has 0 aromatic carbocycles. The molecule has 10 nitrogen and oxygen atoms in total. The Morgan fingerprint density at radius 1 is 1.08 bits per heavy atom. The molecule has 17 heteroatoms. The standard InChI is InChI=1S/C22H15F6N7O3S/c1-11(21(23,24)25)34-39(36,37)13-3-4-16(31-10-13)18-15(8-29)14-7-12(22(26,27)28)9-32-19(14)35(18)20-30-6-5-17(33-20)38-2/h3-7,9-11,34H,1-2H3/t11-/m0/s1. The van der Waals surface area contributed by atoms with E-state index in [4.69, 9.17) is 4.74 Å². The first-order valence-electron chi connectivity index (χ1n) is 10.6. The molecule has 0 unspecified atom stereocenters. The van der Waals surface area contributed by atoms with E-state index in [2.05, 4.69) is 19.9 Å². The van der Waals surface area contributed by atoms with Crippen LogP contribution in [-0.2, 0) is 16.2 Å². The van der Waals surface area contributed by atoms with Crippen LogP contribution < -0.4 is 9.46 Å². The summed E-state index contributed by atoms with van der Waals surface area (Å²) in [5.41, 5.74) is -1.88. The van der Waals surface area contributed by atoms with Gasteiger partial charge in [-0.25, -0.2) is 18.4 Å². The summed E-state index contributed by atoms with van der Waals surface area (Å²) in [6.45, 7) is 0.618. The first-order chi connectivity index (χ1) is 18.2. The van der Waals surface area contributed by atoms with Crippen LogP contribution in [0, 0.1) is 11.3 Å². The number of nitrogens with zero attached hydrogens (tertiary/aromatic N) is 6. The Kier molecular flexibility index (Phi) is 6.95. The predicted molar refractivity (Wildman–Crippen MR) is 122 cm³/mol. The Morgan fingerprint density at radius 3 is 2.36 bits per heavy atom. The number of nitriles is 1. The third kappa shape index (κ3) is 5.33. The zero-order chi connectivity index (χ0) is 28.8. The maximum atomic E-state index is 13.4. The van der Waals surface area contributed by atoms with E-state index in [0.717, 1.165) is 22.9 Å². The normalized spacial score (nSPS) is 13.3. The van der Waals surface area contributed by atoms with Crippen molar-refractivity contribution in [2.24, 2.45) is 0 Å². The molecular weight excluding hydrogens is 556 g/mol. The molecule has 4 aromatic heterocycles. The fourth-order valence-corrected chi connectivity index (χ4v) is 4.65. The molecule has 0 fully saturated rings. The van der Waals surface area contributed by atoms with Gasteiger partial charge in [0.25, 0.3) is 0 Å². The summed E-state index contributed by atoms with van der Waals surface area (Å²) in [5, 5.41) is 9.68. The van der Waals surface area contributed by atoms with E-state index in [0.29, 0.717) is 19.2 Å². The molecule has 0 saturated heterocycles. The van der Waals surface area contributed by atoms with Crippen molar-refractivity contribution >= 4 is 21.1 Å². The molecule has 0 aliphatic carbocycles. The van der Waals surface area contributed by atoms with Crippen LogP contribution in [0.25, 0.3) is 28.4 Å². The molecule has 0 aliphatic rings. The molecule has 4 heterocycles. The number of fused-ring (bicyclic) bond motifs is 1. The molecule has 0 amide bonds. The molecule has 0 spiro atoms. The van der Waals surface area contributed by atoms with Gasteiger partial charge in [0.05, 0.1) is 29.6 Å². The van der Waals surface area contributed by atoms with E-state index in [1.54, 1.807) is 0 Å². The predicted octanol–water partition coefficient (Wildman–Crippen LogP) is 4.01. The lowest BCUT2D eigenvalue weighted by Crippen LogP contribution is -2.42. The van der Waals surface area contributed by atoms with Crippen molar-refractivity contribution in [1.82, 2.24) is 29.2 Å². The maximum Gasteiger partial charge on any atom is 0.417 e. The number of nitrogens with one attached hydrogen (secondary N) is 1. The van der Waals surface area contributed by atoms with Crippen molar-refractivity contribution in [1.29, 1.82) is 5.26 Å². The number of halogens is 6. The van der Waals surface area contributed by atoms with Crippen molar-refractivity contribution in [3.05, 3.63) is 54.0 Å². The number of hydrogen-bond acceptors (Lipinski definition) is 8. The van der Waals surface area contributed by atoms with E-state index in [1.165, 1.54) is 24.1 Å². The lowest BCUT2D eigenvalue weighted by Gasteiger charge is -2.17. The number of sulfonamides is 1. The fraction of sp³-hybridized carbons (Fsp3) is 0.227. The first kappa shape index (κ1) is 27.7. The highest BCUT2D eigenvalue weighted by molar-refractivity contribution is 7.89. The second-order valence-electron chi connectivity index (χ2n) is 7.93. The maximum absolute atomic E-state index is 13.4. The van der Waals surface area contributed by atoms with Crippen LogP contribution in [0.2, 0.25) is 0 Å². The summed E-state index contributed by atoms with van der Waals surface area (Å²) in [5.74, 6) is -0.0974. The molecular formula is C22H15F6N7O3S. The largest absolute Gasteiger partial charge is 0.481 e. The summed E-state index contributed by atoms with van der Waals surface area (Å²) in [6, 6.07) is 3.52. The average Bonchev–Trinajstić information content (AvgIpc) is 3.21. The molecule has 1 atom stereocenters. The Bertz CT molecular complexity index is 1690. The van der Waals surface area contributed by atoms with Crippen LogP contribution >= 0.6 is 0 Å². The molecule has 0 bridgehead atoms. The Balaban J connectivity index is 1.94. The van der Waals surface area contributed by atoms with Crippen LogP contribution in [0.4, 0.5) is 26.3 Å². The van der Waals surface area contributed by atoms with Gasteiger partial charge in [0.1, 0.15) is 22.7 Å².